The zero-order chi connectivity index (χ0) is 17.2. The Morgan fingerprint density at radius 2 is 1.92 bits per heavy atom. The van der Waals surface area contributed by atoms with E-state index < -0.39 is 10.0 Å². The number of hydrogen-bond donors (Lipinski definition) is 1. The third-order valence-corrected chi connectivity index (χ3v) is 7.02. The number of anilines is 1. The summed E-state index contributed by atoms with van der Waals surface area (Å²) >= 11 is 7.01. The van der Waals surface area contributed by atoms with Gasteiger partial charge in [-0.25, -0.2) is 8.42 Å². The molecule has 2 heterocycles. The summed E-state index contributed by atoms with van der Waals surface area (Å²) in [4.78, 5) is 12.8. The molecule has 1 aliphatic heterocycles. The van der Waals surface area contributed by atoms with Gasteiger partial charge in [0, 0.05) is 29.2 Å². The van der Waals surface area contributed by atoms with Crippen molar-refractivity contribution in [3.8, 4) is 0 Å². The zero-order valence-corrected chi connectivity index (χ0v) is 15.3. The summed E-state index contributed by atoms with van der Waals surface area (Å²) in [6.45, 7) is 1.09. The Balaban J connectivity index is 1.76. The predicted octanol–water partition coefficient (Wildman–Crippen LogP) is 3.83. The van der Waals surface area contributed by atoms with Crippen LogP contribution in [0.5, 0.6) is 0 Å². The number of amides is 1. The van der Waals surface area contributed by atoms with E-state index in [9.17, 15) is 13.2 Å². The van der Waals surface area contributed by atoms with E-state index in [4.69, 9.17) is 11.6 Å². The van der Waals surface area contributed by atoms with E-state index in [1.807, 2.05) is 0 Å². The molecule has 1 saturated heterocycles. The van der Waals surface area contributed by atoms with Gasteiger partial charge in [0.1, 0.15) is 0 Å². The molecule has 8 heteroatoms. The number of thiophene rings is 1. The minimum Gasteiger partial charge on any atom is -0.321 e. The third-order valence-electron chi connectivity index (χ3n) is 3.83. The smallest absolute Gasteiger partial charge is 0.265 e. The molecular weight excluding hydrogens is 368 g/mol. The van der Waals surface area contributed by atoms with Crippen LogP contribution in [0.1, 0.15) is 28.9 Å². The highest BCUT2D eigenvalue weighted by Gasteiger charge is 2.27. The summed E-state index contributed by atoms with van der Waals surface area (Å²) in [7, 11) is -3.51. The highest BCUT2D eigenvalue weighted by Crippen LogP contribution is 2.26. The SMILES string of the molecule is O=C(Nc1cccc(Cl)c1)c1cc(S(=O)(=O)N2CCCCC2)cs1. The highest BCUT2D eigenvalue weighted by atomic mass is 35.5. The third kappa shape index (κ3) is 3.80. The van der Waals surface area contributed by atoms with Crippen LogP contribution >= 0.6 is 22.9 Å². The van der Waals surface area contributed by atoms with Gasteiger partial charge in [-0.3, -0.25) is 4.79 Å². The molecule has 0 bridgehead atoms. The fraction of sp³-hybridized carbons (Fsp3) is 0.312. The van der Waals surface area contributed by atoms with Crippen molar-refractivity contribution in [1.29, 1.82) is 0 Å². The molecule has 0 spiro atoms. The summed E-state index contributed by atoms with van der Waals surface area (Å²) < 4.78 is 26.7. The van der Waals surface area contributed by atoms with Crippen LogP contribution in [-0.2, 0) is 10.0 Å². The van der Waals surface area contributed by atoms with E-state index >= 15 is 0 Å². The second kappa shape index (κ2) is 7.23. The van der Waals surface area contributed by atoms with Crippen LogP contribution < -0.4 is 5.32 Å². The number of carbonyl (C=O) groups excluding carboxylic acids is 1. The number of rotatable bonds is 4. The average molecular weight is 385 g/mol. The summed E-state index contributed by atoms with van der Waals surface area (Å²) in [5.74, 6) is -0.345. The van der Waals surface area contributed by atoms with Crippen LogP contribution in [0.25, 0.3) is 0 Å². The van der Waals surface area contributed by atoms with Gasteiger partial charge in [-0.2, -0.15) is 4.31 Å². The Bertz CT molecular complexity index is 843. The lowest BCUT2D eigenvalue weighted by Gasteiger charge is -2.25. The van der Waals surface area contributed by atoms with Crippen LogP contribution in [0.3, 0.4) is 0 Å². The fourth-order valence-electron chi connectivity index (χ4n) is 2.59. The second-order valence-electron chi connectivity index (χ2n) is 5.58. The van der Waals surface area contributed by atoms with Crippen molar-refractivity contribution in [1.82, 2.24) is 4.31 Å². The summed E-state index contributed by atoms with van der Waals surface area (Å²) in [6, 6.07) is 8.25. The first-order chi connectivity index (χ1) is 11.5. The maximum absolute atomic E-state index is 12.6. The molecular formula is C16H17ClN2O3S2. The van der Waals surface area contributed by atoms with Gasteiger partial charge in [-0.05, 0) is 37.1 Å². The van der Waals surface area contributed by atoms with Gasteiger partial charge in [0.25, 0.3) is 5.91 Å². The van der Waals surface area contributed by atoms with Gasteiger partial charge < -0.3 is 5.32 Å². The minimum absolute atomic E-state index is 0.186. The molecule has 0 atom stereocenters. The van der Waals surface area contributed by atoms with E-state index in [0.29, 0.717) is 28.7 Å². The topological polar surface area (TPSA) is 66.5 Å². The van der Waals surface area contributed by atoms with Crippen LogP contribution in [0.15, 0.2) is 40.6 Å². The molecule has 1 amide bonds. The molecule has 5 nitrogen and oxygen atoms in total. The summed E-state index contributed by atoms with van der Waals surface area (Å²) in [6.07, 6.45) is 2.82. The molecule has 0 saturated carbocycles. The van der Waals surface area contributed by atoms with Gasteiger partial charge >= 0.3 is 0 Å². The van der Waals surface area contributed by atoms with Crippen molar-refractivity contribution in [2.24, 2.45) is 0 Å². The number of carbonyl (C=O) groups is 1. The lowest BCUT2D eigenvalue weighted by molar-refractivity contribution is 0.103. The van der Waals surface area contributed by atoms with E-state index in [0.717, 1.165) is 30.6 Å². The molecule has 128 valence electrons. The maximum atomic E-state index is 12.6. The zero-order valence-electron chi connectivity index (χ0n) is 12.9. The van der Waals surface area contributed by atoms with Crippen LogP contribution in [0, 0.1) is 0 Å². The normalized spacial score (nSPS) is 16.0. The molecule has 1 aliphatic rings. The van der Waals surface area contributed by atoms with Gasteiger partial charge in [-0.15, -0.1) is 11.3 Å². The van der Waals surface area contributed by atoms with Crippen LogP contribution in [0.4, 0.5) is 5.69 Å². The van der Waals surface area contributed by atoms with Crippen molar-refractivity contribution in [3.05, 3.63) is 45.6 Å². The lowest BCUT2D eigenvalue weighted by atomic mass is 10.2. The molecule has 1 aromatic carbocycles. The molecule has 1 fully saturated rings. The molecule has 2 aromatic rings. The maximum Gasteiger partial charge on any atom is 0.265 e. The Morgan fingerprint density at radius 3 is 2.62 bits per heavy atom. The molecule has 0 radical (unpaired) electrons. The van der Waals surface area contributed by atoms with Crippen molar-refractivity contribution in [2.75, 3.05) is 18.4 Å². The van der Waals surface area contributed by atoms with Gasteiger partial charge in [0.2, 0.25) is 10.0 Å². The number of nitrogens with zero attached hydrogens (tertiary/aromatic N) is 1. The minimum atomic E-state index is -3.51. The van der Waals surface area contributed by atoms with Gasteiger partial charge in [0.05, 0.1) is 9.77 Å². The number of benzene rings is 1. The monoisotopic (exact) mass is 384 g/mol. The molecule has 0 aliphatic carbocycles. The molecule has 0 unspecified atom stereocenters. The summed E-state index contributed by atoms with van der Waals surface area (Å²) in [5, 5.41) is 4.77. The van der Waals surface area contributed by atoms with E-state index in [2.05, 4.69) is 5.32 Å². The highest BCUT2D eigenvalue weighted by molar-refractivity contribution is 7.89. The van der Waals surface area contributed by atoms with Gasteiger partial charge in [0.15, 0.2) is 0 Å². The van der Waals surface area contributed by atoms with Crippen molar-refractivity contribution in [2.45, 2.75) is 24.2 Å². The van der Waals surface area contributed by atoms with E-state index in [1.54, 1.807) is 24.3 Å². The Morgan fingerprint density at radius 1 is 1.17 bits per heavy atom. The Labute approximate surface area is 150 Å². The Kier molecular flexibility index (Phi) is 5.24. The molecule has 3 rings (SSSR count). The van der Waals surface area contributed by atoms with Crippen molar-refractivity contribution < 1.29 is 13.2 Å². The number of nitrogens with one attached hydrogen (secondary N) is 1. The number of sulfonamides is 1. The number of piperidine rings is 1. The van der Waals surface area contributed by atoms with E-state index in [-0.39, 0.29) is 10.8 Å². The first-order valence-electron chi connectivity index (χ1n) is 7.62. The lowest BCUT2D eigenvalue weighted by Crippen LogP contribution is -2.35. The fourth-order valence-corrected chi connectivity index (χ4v) is 5.45. The first kappa shape index (κ1) is 17.4. The van der Waals surface area contributed by atoms with E-state index in [1.165, 1.54) is 15.8 Å². The summed E-state index contributed by atoms with van der Waals surface area (Å²) in [5.41, 5.74) is 0.571. The van der Waals surface area contributed by atoms with Crippen LogP contribution in [0.2, 0.25) is 5.02 Å². The molecule has 24 heavy (non-hydrogen) atoms. The van der Waals surface area contributed by atoms with Crippen LogP contribution in [-0.4, -0.2) is 31.7 Å². The predicted molar refractivity (Wildman–Crippen MR) is 96.3 cm³/mol. The molecule has 1 N–H and O–H groups in total. The van der Waals surface area contributed by atoms with Crippen molar-refractivity contribution >= 4 is 44.6 Å². The number of hydrogen-bond acceptors (Lipinski definition) is 4. The number of halogens is 1. The first-order valence-corrected chi connectivity index (χ1v) is 10.3. The van der Waals surface area contributed by atoms with Gasteiger partial charge in [-0.1, -0.05) is 24.1 Å². The standard InChI is InChI=1S/C16H17ClN2O3S2/c17-12-5-4-6-13(9-12)18-16(20)15-10-14(11-23-15)24(21,22)19-7-2-1-3-8-19/h4-6,9-11H,1-3,7-8H2,(H,18,20). The molecule has 1 aromatic heterocycles. The quantitative estimate of drug-likeness (QED) is 0.871. The largest absolute Gasteiger partial charge is 0.321 e. The second-order valence-corrected chi connectivity index (χ2v) is 8.86. The Hall–Kier alpha value is -1.41. The average Bonchev–Trinajstić information content (AvgIpc) is 3.07. The van der Waals surface area contributed by atoms with Crippen molar-refractivity contribution in [3.63, 3.8) is 0 Å².